The molecule has 172 valence electrons. The molecule has 0 spiro atoms. The quantitative estimate of drug-likeness (QED) is 0.766. The maximum Gasteiger partial charge on any atom is 0.257 e. The Kier molecular flexibility index (Phi) is 5.97. The number of hydrogen-bond donors (Lipinski definition) is 1. The van der Waals surface area contributed by atoms with E-state index in [0.29, 0.717) is 5.92 Å². The molecule has 1 amide bonds. The van der Waals surface area contributed by atoms with Crippen molar-refractivity contribution in [3.8, 4) is 5.75 Å². The van der Waals surface area contributed by atoms with Crippen LogP contribution >= 0.6 is 0 Å². The van der Waals surface area contributed by atoms with E-state index in [1.807, 2.05) is 4.90 Å². The smallest absolute Gasteiger partial charge is 0.257 e. The zero-order chi connectivity index (χ0) is 22.1. The third-order valence-corrected chi connectivity index (χ3v) is 7.24. The second-order valence-electron chi connectivity index (χ2n) is 10.5. The molecule has 2 saturated heterocycles. The number of fused-ring (bicyclic) bond motifs is 1. The van der Waals surface area contributed by atoms with Crippen molar-refractivity contribution in [2.75, 3.05) is 26.2 Å². The maximum absolute atomic E-state index is 13.3. The SMILES string of the molecule is CC1(C)Cc2cc(CN3CCC[C@H](c4[nH]ncc4C(=O)N4CCCCCC4)C3)ccc2O1. The van der Waals surface area contributed by atoms with Gasteiger partial charge in [-0.15, -0.1) is 0 Å². The predicted octanol–water partition coefficient (Wildman–Crippen LogP) is 4.52. The Morgan fingerprint density at radius 2 is 1.97 bits per heavy atom. The molecule has 3 aliphatic heterocycles. The Bertz CT molecular complexity index is 958. The Morgan fingerprint density at radius 1 is 1.16 bits per heavy atom. The first-order valence-corrected chi connectivity index (χ1v) is 12.3. The third kappa shape index (κ3) is 4.56. The number of likely N-dealkylation sites (tertiary alicyclic amines) is 2. The van der Waals surface area contributed by atoms with Gasteiger partial charge in [-0.05, 0) is 63.3 Å². The lowest BCUT2D eigenvalue weighted by Crippen LogP contribution is -2.36. The minimum atomic E-state index is -0.103. The molecule has 1 aromatic carbocycles. The van der Waals surface area contributed by atoms with Crippen LogP contribution in [0.1, 0.15) is 85.5 Å². The molecule has 4 heterocycles. The van der Waals surface area contributed by atoms with Gasteiger partial charge < -0.3 is 9.64 Å². The lowest BCUT2D eigenvalue weighted by molar-refractivity contribution is 0.0759. The first-order chi connectivity index (χ1) is 15.5. The molecule has 1 aromatic heterocycles. The van der Waals surface area contributed by atoms with E-state index in [9.17, 15) is 4.79 Å². The first-order valence-electron chi connectivity index (χ1n) is 12.3. The second kappa shape index (κ2) is 8.89. The zero-order valence-corrected chi connectivity index (χ0v) is 19.5. The molecule has 6 heteroatoms. The molecule has 0 radical (unpaired) electrons. The van der Waals surface area contributed by atoms with Gasteiger partial charge in [-0.1, -0.05) is 25.0 Å². The van der Waals surface area contributed by atoms with E-state index in [4.69, 9.17) is 4.74 Å². The summed E-state index contributed by atoms with van der Waals surface area (Å²) in [5.41, 5.74) is 4.38. The summed E-state index contributed by atoms with van der Waals surface area (Å²) in [4.78, 5) is 17.8. The third-order valence-electron chi connectivity index (χ3n) is 7.24. The van der Waals surface area contributed by atoms with Crippen molar-refractivity contribution >= 4 is 5.91 Å². The second-order valence-corrected chi connectivity index (χ2v) is 10.5. The fourth-order valence-electron chi connectivity index (χ4n) is 5.68. The standard InChI is InChI=1S/C26H36N4O2/c1-26(2)15-21-14-19(9-10-23(21)32-26)17-29-11-7-8-20(18-29)24-22(16-27-28-24)25(31)30-12-5-3-4-6-13-30/h9-10,14,16,20H,3-8,11-13,15,17-18H2,1-2H3,(H,27,28)/t20-/m0/s1. The van der Waals surface area contributed by atoms with Crippen LogP contribution in [0.3, 0.4) is 0 Å². The average molecular weight is 437 g/mol. The van der Waals surface area contributed by atoms with Gasteiger partial charge in [0.2, 0.25) is 0 Å². The van der Waals surface area contributed by atoms with Crippen LogP contribution in [0.2, 0.25) is 0 Å². The Labute approximate surface area is 191 Å². The van der Waals surface area contributed by atoms with Crippen LogP contribution in [0.5, 0.6) is 5.75 Å². The van der Waals surface area contributed by atoms with E-state index >= 15 is 0 Å². The molecular weight excluding hydrogens is 400 g/mol. The molecule has 6 nitrogen and oxygen atoms in total. The fourth-order valence-corrected chi connectivity index (χ4v) is 5.68. The van der Waals surface area contributed by atoms with Gasteiger partial charge in [-0.3, -0.25) is 14.8 Å². The molecule has 5 rings (SSSR count). The lowest BCUT2D eigenvalue weighted by atomic mass is 9.91. The number of piperidine rings is 1. The van der Waals surface area contributed by atoms with Gasteiger partial charge >= 0.3 is 0 Å². The summed E-state index contributed by atoms with van der Waals surface area (Å²) in [7, 11) is 0. The molecule has 1 N–H and O–H groups in total. The number of H-pyrrole nitrogens is 1. The van der Waals surface area contributed by atoms with Crippen LogP contribution in [-0.4, -0.2) is 57.7 Å². The maximum atomic E-state index is 13.3. The highest BCUT2D eigenvalue weighted by Gasteiger charge is 2.31. The summed E-state index contributed by atoms with van der Waals surface area (Å²) in [6.07, 6.45) is 9.64. The van der Waals surface area contributed by atoms with E-state index in [-0.39, 0.29) is 11.5 Å². The minimum Gasteiger partial charge on any atom is -0.487 e. The number of aromatic nitrogens is 2. The molecule has 0 saturated carbocycles. The van der Waals surface area contributed by atoms with Crippen molar-refractivity contribution in [3.63, 3.8) is 0 Å². The van der Waals surface area contributed by atoms with Crippen LogP contribution in [0.4, 0.5) is 0 Å². The molecule has 0 aliphatic carbocycles. The fraction of sp³-hybridized carbons (Fsp3) is 0.615. The lowest BCUT2D eigenvalue weighted by Gasteiger charge is -2.33. The molecule has 1 atom stereocenters. The van der Waals surface area contributed by atoms with E-state index in [0.717, 1.165) is 81.8 Å². The van der Waals surface area contributed by atoms with Gasteiger partial charge in [-0.25, -0.2) is 0 Å². The normalized spacial score (nSPS) is 23.4. The Hall–Kier alpha value is -2.34. The summed E-state index contributed by atoms with van der Waals surface area (Å²) in [6, 6.07) is 6.65. The average Bonchev–Trinajstić information content (AvgIpc) is 3.26. The summed E-state index contributed by atoms with van der Waals surface area (Å²) in [5, 5.41) is 7.49. The summed E-state index contributed by atoms with van der Waals surface area (Å²) >= 11 is 0. The molecule has 0 bridgehead atoms. The molecule has 2 fully saturated rings. The van der Waals surface area contributed by atoms with Gasteiger partial charge in [0.15, 0.2) is 0 Å². The monoisotopic (exact) mass is 436 g/mol. The number of nitrogens with zero attached hydrogens (tertiary/aromatic N) is 3. The molecule has 3 aliphatic rings. The Morgan fingerprint density at radius 3 is 2.78 bits per heavy atom. The Balaban J connectivity index is 1.26. The van der Waals surface area contributed by atoms with Gasteiger partial charge in [0, 0.05) is 38.5 Å². The van der Waals surface area contributed by atoms with Gasteiger partial charge in [-0.2, -0.15) is 5.10 Å². The van der Waals surface area contributed by atoms with Crippen LogP contribution in [0, 0.1) is 0 Å². The highest BCUT2D eigenvalue weighted by atomic mass is 16.5. The highest BCUT2D eigenvalue weighted by Crippen LogP contribution is 2.36. The van der Waals surface area contributed by atoms with Crippen molar-refractivity contribution in [2.24, 2.45) is 0 Å². The number of aromatic amines is 1. The van der Waals surface area contributed by atoms with Crippen molar-refractivity contribution in [3.05, 3.63) is 46.8 Å². The van der Waals surface area contributed by atoms with Crippen LogP contribution in [0.15, 0.2) is 24.4 Å². The topological polar surface area (TPSA) is 61.5 Å². The number of benzene rings is 1. The van der Waals surface area contributed by atoms with Crippen molar-refractivity contribution in [1.29, 1.82) is 0 Å². The van der Waals surface area contributed by atoms with Crippen molar-refractivity contribution < 1.29 is 9.53 Å². The van der Waals surface area contributed by atoms with Gasteiger partial charge in [0.05, 0.1) is 17.5 Å². The number of ether oxygens (including phenoxy) is 1. The van der Waals surface area contributed by atoms with E-state index in [1.54, 1.807) is 6.20 Å². The van der Waals surface area contributed by atoms with E-state index < -0.39 is 0 Å². The van der Waals surface area contributed by atoms with E-state index in [2.05, 4.69) is 47.1 Å². The van der Waals surface area contributed by atoms with Gasteiger partial charge in [0.1, 0.15) is 11.4 Å². The largest absolute Gasteiger partial charge is 0.487 e. The van der Waals surface area contributed by atoms with Crippen LogP contribution in [0.25, 0.3) is 0 Å². The highest BCUT2D eigenvalue weighted by molar-refractivity contribution is 5.95. The summed E-state index contributed by atoms with van der Waals surface area (Å²) in [6.45, 7) is 9.04. The van der Waals surface area contributed by atoms with E-state index in [1.165, 1.54) is 24.0 Å². The first kappa shape index (κ1) is 21.5. The number of nitrogens with one attached hydrogen (secondary N) is 1. The van der Waals surface area contributed by atoms with Gasteiger partial charge in [0.25, 0.3) is 5.91 Å². The van der Waals surface area contributed by atoms with Crippen LogP contribution in [-0.2, 0) is 13.0 Å². The minimum absolute atomic E-state index is 0.103. The number of amides is 1. The zero-order valence-electron chi connectivity index (χ0n) is 19.5. The van der Waals surface area contributed by atoms with Crippen molar-refractivity contribution in [1.82, 2.24) is 20.0 Å². The molecular formula is C26H36N4O2. The van der Waals surface area contributed by atoms with Crippen LogP contribution < -0.4 is 4.74 Å². The number of carbonyl (C=O) groups is 1. The molecule has 2 aromatic rings. The molecule has 0 unspecified atom stereocenters. The molecule has 32 heavy (non-hydrogen) atoms. The number of carbonyl (C=O) groups excluding carboxylic acids is 1. The summed E-state index contributed by atoms with van der Waals surface area (Å²) < 4.78 is 6.04. The predicted molar refractivity (Wildman–Crippen MR) is 125 cm³/mol. The number of rotatable bonds is 4. The number of hydrogen-bond acceptors (Lipinski definition) is 4. The summed E-state index contributed by atoms with van der Waals surface area (Å²) in [5.74, 6) is 1.52. The van der Waals surface area contributed by atoms with Crippen molar-refractivity contribution in [2.45, 2.75) is 76.9 Å².